The lowest BCUT2D eigenvalue weighted by Crippen LogP contribution is -2.25. The summed E-state index contributed by atoms with van der Waals surface area (Å²) in [5.74, 6) is -1.55. The van der Waals surface area contributed by atoms with Crippen molar-refractivity contribution < 1.29 is 23.9 Å². The van der Waals surface area contributed by atoms with Crippen LogP contribution in [0, 0.1) is 20.8 Å². The Morgan fingerprint density at radius 3 is 2.52 bits per heavy atom. The van der Waals surface area contributed by atoms with Crippen molar-refractivity contribution in [1.82, 2.24) is 9.97 Å². The van der Waals surface area contributed by atoms with Crippen molar-refractivity contribution in [1.29, 1.82) is 0 Å². The number of carbonyl (C=O) groups excluding carboxylic acids is 3. The second-order valence-electron chi connectivity index (χ2n) is 6.44. The smallest absolute Gasteiger partial charge is 0.350 e. The molecular formula is C20H20N2O5S2. The van der Waals surface area contributed by atoms with E-state index in [4.69, 9.17) is 9.47 Å². The fourth-order valence-corrected chi connectivity index (χ4v) is 4.71. The second kappa shape index (κ2) is 8.30. The number of hydrogen-bond acceptors (Lipinski definition) is 8. The molecule has 3 rings (SSSR count). The molecule has 0 saturated heterocycles. The van der Waals surface area contributed by atoms with E-state index in [1.807, 2.05) is 17.5 Å². The molecule has 29 heavy (non-hydrogen) atoms. The van der Waals surface area contributed by atoms with E-state index >= 15 is 0 Å². The molecule has 3 aromatic heterocycles. The second-order valence-corrected chi connectivity index (χ2v) is 8.39. The Balaban J connectivity index is 1.79. The Morgan fingerprint density at radius 1 is 1.17 bits per heavy atom. The molecule has 152 valence electrons. The van der Waals surface area contributed by atoms with Crippen LogP contribution in [0.3, 0.4) is 0 Å². The molecule has 7 nitrogen and oxygen atoms in total. The van der Waals surface area contributed by atoms with Gasteiger partial charge in [0.2, 0.25) is 5.78 Å². The fourth-order valence-electron chi connectivity index (χ4n) is 2.97. The number of methoxy groups -OCH3 is 1. The molecule has 1 unspecified atom stereocenters. The van der Waals surface area contributed by atoms with Crippen molar-refractivity contribution in [3.63, 3.8) is 0 Å². The fraction of sp³-hybridized carbons (Fsp3) is 0.300. The maximum absolute atomic E-state index is 12.8. The van der Waals surface area contributed by atoms with Crippen LogP contribution in [0.25, 0.3) is 9.88 Å². The molecule has 3 heterocycles. The van der Waals surface area contributed by atoms with Crippen LogP contribution < -0.4 is 0 Å². The van der Waals surface area contributed by atoms with Gasteiger partial charge in [-0.05, 0) is 44.7 Å². The summed E-state index contributed by atoms with van der Waals surface area (Å²) < 4.78 is 10.2. The third-order valence-corrected chi connectivity index (χ3v) is 6.62. The summed E-state index contributed by atoms with van der Waals surface area (Å²) in [5.41, 5.74) is 2.09. The summed E-state index contributed by atoms with van der Waals surface area (Å²) in [6.07, 6.45) is -1.03. The van der Waals surface area contributed by atoms with E-state index in [-0.39, 0.29) is 5.69 Å². The van der Waals surface area contributed by atoms with Gasteiger partial charge in [-0.15, -0.1) is 22.7 Å². The summed E-state index contributed by atoms with van der Waals surface area (Å²) in [5, 5.41) is 2.68. The molecule has 0 fully saturated rings. The Bertz CT molecular complexity index is 1080. The van der Waals surface area contributed by atoms with Gasteiger partial charge in [-0.2, -0.15) is 0 Å². The number of hydrogen-bond donors (Lipinski definition) is 1. The van der Waals surface area contributed by atoms with Gasteiger partial charge in [0.15, 0.2) is 6.10 Å². The third kappa shape index (κ3) is 4.01. The van der Waals surface area contributed by atoms with Gasteiger partial charge >= 0.3 is 11.9 Å². The maximum atomic E-state index is 12.8. The minimum Gasteiger partial charge on any atom is -0.465 e. The lowest BCUT2D eigenvalue weighted by molar-refractivity contribution is 0.0320. The van der Waals surface area contributed by atoms with Gasteiger partial charge in [-0.25, -0.2) is 14.6 Å². The zero-order valence-corrected chi connectivity index (χ0v) is 18.2. The number of nitrogens with zero attached hydrogens (tertiary/aromatic N) is 1. The van der Waals surface area contributed by atoms with Crippen molar-refractivity contribution in [3.05, 3.63) is 50.6 Å². The molecule has 0 aromatic carbocycles. The van der Waals surface area contributed by atoms with Gasteiger partial charge in [-0.1, -0.05) is 6.07 Å². The number of thiophene rings is 1. The predicted octanol–water partition coefficient (Wildman–Crippen LogP) is 4.34. The van der Waals surface area contributed by atoms with Crippen LogP contribution in [0.1, 0.15) is 54.4 Å². The van der Waals surface area contributed by atoms with Crippen LogP contribution in [-0.4, -0.2) is 40.9 Å². The number of thiazole rings is 1. The van der Waals surface area contributed by atoms with Crippen LogP contribution in [0.4, 0.5) is 0 Å². The summed E-state index contributed by atoms with van der Waals surface area (Å²) in [6, 6.07) is 3.85. The quantitative estimate of drug-likeness (QED) is 0.460. The van der Waals surface area contributed by atoms with Gasteiger partial charge in [-0.3, -0.25) is 4.79 Å². The van der Waals surface area contributed by atoms with Crippen LogP contribution in [0.15, 0.2) is 17.5 Å². The first kappa shape index (κ1) is 20.9. The van der Waals surface area contributed by atoms with E-state index in [1.54, 1.807) is 20.8 Å². The zero-order chi connectivity index (χ0) is 21.3. The number of aryl methyl sites for hydroxylation is 2. The van der Waals surface area contributed by atoms with E-state index in [0.717, 1.165) is 9.88 Å². The van der Waals surface area contributed by atoms with Crippen LogP contribution in [0.5, 0.6) is 0 Å². The highest BCUT2D eigenvalue weighted by molar-refractivity contribution is 7.22. The van der Waals surface area contributed by atoms with Gasteiger partial charge in [0.05, 0.1) is 28.9 Å². The Hall–Kier alpha value is -2.78. The van der Waals surface area contributed by atoms with Crippen molar-refractivity contribution in [2.45, 2.75) is 33.8 Å². The molecule has 0 aliphatic rings. The maximum Gasteiger partial charge on any atom is 0.350 e. The molecule has 0 aliphatic carbocycles. The predicted molar refractivity (Wildman–Crippen MR) is 111 cm³/mol. The van der Waals surface area contributed by atoms with Crippen LogP contribution in [0.2, 0.25) is 0 Å². The lowest BCUT2D eigenvalue weighted by atomic mass is 10.1. The van der Waals surface area contributed by atoms with Crippen molar-refractivity contribution >= 4 is 40.4 Å². The molecule has 0 amide bonds. The highest BCUT2D eigenvalue weighted by atomic mass is 32.1. The van der Waals surface area contributed by atoms with E-state index in [0.29, 0.717) is 27.4 Å². The molecule has 0 saturated carbocycles. The molecule has 1 N–H and O–H groups in total. The Kier molecular flexibility index (Phi) is 5.99. The first-order valence-corrected chi connectivity index (χ1v) is 10.5. The molecule has 0 aliphatic heterocycles. The largest absolute Gasteiger partial charge is 0.465 e. The number of ketones is 1. The van der Waals surface area contributed by atoms with Crippen molar-refractivity contribution in [2.75, 3.05) is 7.11 Å². The average Bonchev–Trinajstić information content (AvgIpc) is 3.40. The summed E-state index contributed by atoms with van der Waals surface area (Å²) >= 11 is 2.77. The number of nitrogens with one attached hydrogen (secondary N) is 1. The van der Waals surface area contributed by atoms with Gasteiger partial charge in [0.25, 0.3) is 0 Å². The van der Waals surface area contributed by atoms with Crippen molar-refractivity contribution in [2.24, 2.45) is 0 Å². The first-order chi connectivity index (χ1) is 13.7. The molecule has 0 spiro atoms. The average molecular weight is 433 g/mol. The number of aromatic amines is 1. The van der Waals surface area contributed by atoms with Gasteiger partial charge in [0, 0.05) is 5.69 Å². The van der Waals surface area contributed by atoms with Crippen LogP contribution in [-0.2, 0) is 9.47 Å². The summed E-state index contributed by atoms with van der Waals surface area (Å²) in [7, 11) is 1.28. The third-order valence-electron chi connectivity index (χ3n) is 4.44. The number of Topliss-reactive ketones (excluding diaryl/α,β-unsaturated/α-hetero) is 1. The number of esters is 2. The molecular weight excluding hydrogens is 412 g/mol. The topological polar surface area (TPSA) is 98.4 Å². The standard InChI is InChI=1S/C20H20N2O5S2/c1-9-14(19(24)26-5)10(2)21-15(9)16(23)12(4)27-20(25)17-11(3)22-18(29-17)13-7-6-8-28-13/h6-8,12,21H,1-5H3. The molecule has 0 radical (unpaired) electrons. The van der Waals surface area contributed by atoms with E-state index in [9.17, 15) is 14.4 Å². The molecule has 0 bridgehead atoms. The first-order valence-electron chi connectivity index (χ1n) is 8.78. The number of rotatable bonds is 6. The Morgan fingerprint density at radius 2 is 1.90 bits per heavy atom. The summed E-state index contributed by atoms with van der Waals surface area (Å²) in [6.45, 7) is 6.57. The minimum atomic E-state index is -1.03. The normalized spacial score (nSPS) is 11.9. The highest BCUT2D eigenvalue weighted by Gasteiger charge is 2.28. The van der Waals surface area contributed by atoms with Gasteiger partial charge in [0.1, 0.15) is 9.88 Å². The SMILES string of the molecule is COC(=O)c1c(C)[nH]c(C(=O)C(C)OC(=O)c2sc(-c3cccs3)nc2C)c1C. The van der Waals surface area contributed by atoms with E-state index < -0.39 is 23.8 Å². The lowest BCUT2D eigenvalue weighted by Gasteiger charge is -2.11. The van der Waals surface area contributed by atoms with Crippen molar-refractivity contribution in [3.8, 4) is 9.88 Å². The number of carbonyl (C=O) groups is 3. The van der Waals surface area contributed by atoms with Gasteiger partial charge < -0.3 is 14.5 Å². The number of H-pyrrole nitrogens is 1. The monoisotopic (exact) mass is 432 g/mol. The number of aromatic nitrogens is 2. The number of ether oxygens (including phenoxy) is 2. The highest BCUT2D eigenvalue weighted by Crippen LogP contribution is 2.31. The minimum absolute atomic E-state index is 0.225. The molecule has 3 aromatic rings. The molecule has 1 atom stereocenters. The van der Waals surface area contributed by atoms with E-state index in [2.05, 4.69) is 9.97 Å². The van der Waals surface area contributed by atoms with Crippen LogP contribution >= 0.6 is 22.7 Å². The Labute approximate surface area is 175 Å². The summed E-state index contributed by atoms with van der Waals surface area (Å²) in [4.78, 5) is 46.0. The van der Waals surface area contributed by atoms with E-state index in [1.165, 1.54) is 36.7 Å². The molecule has 9 heteroatoms. The zero-order valence-electron chi connectivity index (χ0n) is 16.6.